The Balaban J connectivity index is 2.31. The molecule has 4 heteroatoms. The third-order valence-corrected chi connectivity index (χ3v) is 2.81. The lowest BCUT2D eigenvalue weighted by Gasteiger charge is -2.10. The number of halogens is 3. The number of para-hydroxylation sites is 1. The van der Waals surface area contributed by atoms with Crippen molar-refractivity contribution in [2.45, 2.75) is 5.88 Å². The van der Waals surface area contributed by atoms with E-state index in [9.17, 15) is 4.39 Å². The summed E-state index contributed by atoms with van der Waals surface area (Å²) in [6, 6.07) is 11.4. The molecule has 0 N–H and O–H groups in total. The highest BCUT2D eigenvalue weighted by molar-refractivity contribution is 6.32. The van der Waals surface area contributed by atoms with E-state index < -0.39 is 5.82 Å². The van der Waals surface area contributed by atoms with Crippen molar-refractivity contribution < 1.29 is 9.13 Å². The molecule has 0 saturated heterocycles. The number of benzene rings is 2. The molecule has 17 heavy (non-hydrogen) atoms. The maximum Gasteiger partial charge on any atom is 0.146 e. The van der Waals surface area contributed by atoms with Gasteiger partial charge in [-0.1, -0.05) is 29.8 Å². The predicted molar refractivity (Wildman–Crippen MR) is 67.5 cm³/mol. The van der Waals surface area contributed by atoms with Crippen molar-refractivity contribution in [3.63, 3.8) is 0 Å². The zero-order valence-electron chi connectivity index (χ0n) is 8.79. The lowest BCUT2D eigenvalue weighted by molar-refractivity contribution is 0.476. The molecular formula is C13H9Cl2FO. The number of hydrogen-bond acceptors (Lipinski definition) is 1. The molecule has 0 saturated carbocycles. The van der Waals surface area contributed by atoms with Crippen LogP contribution >= 0.6 is 23.2 Å². The van der Waals surface area contributed by atoms with Gasteiger partial charge in [-0.3, -0.25) is 0 Å². The van der Waals surface area contributed by atoms with E-state index in [1.165, 1.54) is 18.2 Å². The van der Waals surface area contributed by atoms with Crippen molar-refractivity contribution in [2.24, 2.45) is 0 Å². The average molecular weight is 271 g/mol. The van der Waals surface area contributed by atoms with Gasteiger partial charge in [0.1, 0.15) is 17.3 Å². The van der Waals surface area contributed by atoms with E-state index in [2.05, 4.69) is 0 Å². The van der Waals surface area contributed by atoms with Gasteiger partial charge in [0.25, 0.3) is 0 Å². The molecule has 0 bridgehead atoms. The summed E-state index contributed by atoms with van der Waals surface area (Å²) in [5.41, 5.74) is 0.856. The van der Waals surface area contributed by atoms with E-state index in [0.717, 1.165) is 5.56 Å². The molecular weight excluding hydrogens is 262 g/mol. The lowest BCUT2D eigenvalue weighted by Crippen LogP contribution is -1.90. The smallest absolute Gasteiger partial charge is 0.146 e. The van der Waals surface area contributed by atoms with Gasteiger partial charge in [-0.05, 0) is 24.3 Å². The molecule has 0 atom stereocenters. The summed E-state index contributed by atoms with van der Waals surface area (Å²) < 4.78 is 18.5. The Kier molecular flexibility index (Phi) is 3.87. The molecule has 0 fully saturated rings. The Labute approximate surface area is 109 Å². The normalized spacial score (nSPS) is 10.3. The molecule has 0 aliphatic rings. The third-order valence-electron chi connectivity index (χ3n) is 2.23. The molecule has 0 unspecified atom stereocenters. The second kappa shape index (κ2) is 5.39. The van der Waals surface area contributed by atoms with Gasteiger partial charge in [-0.25, -0.2) is 4.39 Å². The number of hydrogen-bond donors (Lipinski definition) is 0. The van der Waals surface area contributed by atoms with Gasteiger partial charge in [0.05, 0.1) is 10.9 Å². The summed E-state index contributed by atoms with van der Waals surface area (Å²) in [6.07, 6.45) is 0. The van der Waals surface area contributed by atoms with Crippen LogP contribution in [0.15, 0.2) is 42.5 Å². The SMILES string of the molecule is Fc1ccc(Oc2ccccc2CCl)c(Cl)c1. The van der Waals surface area contributed by atoms with Gasteiger partial charge in [-0.2, -0.15) is 0 Å². The van der Waals surface area contributed by atoms with Crippen LogP contribution in [0.4, 0.5) is 4.39 Å². The maximum atomic E-state index is 12.9. The number of ether oxygens (including phenoxy) is 1. The van der Waals surface area contributed by atoms with Crippen LogP contribution in [0.25, 0.3) is 0 Å². The first kappa shape index (κ1) is 12.2. The Bertz CT molecular complexity index is 529. The minimum Gasteiger partial charge on any atom is -0.455 e. The molecule has 0 radical (unpaired) electrons. The standard InChI is InChI=1S/C13H9Cl2FO/c14-8-9-3-1-2-4-12(9)17-13-6-5-10(16)7-11(13)15/h1-7H,8H2. The summed E-state index contributed by atoms with van der Waals surface area (Å²) >= 11 is 11.7. The molecule has 88 valence electrons. The molecule has 1 nitrogen and oxygen atoms in total. The van der Waals surface area contributed by atoms with Gasteiger partial charge < -0.3 is 4.74 Å². The van der Waals surface area contributed by atoms with Crippen molar-refractivity contribution in [1.82, 2.24) is 0 Å². The van der Waals surface area contributed by atoms with Gasteiger partial charge >= 0.3 is 0 Å². The maximum absolute atomic E-state index is 12.9. The average Bonchev–Trinajstić information content (AvgIpc) is 2.33. The number of rotatable bonds is 3. The first-order valence-electron chi connectivity index (χ1n) is 4.97. The molecule has 0 aliphatic heterocycles. The topological polar surface area (TPSA) is 9.23 Å². The van der Waals surface area contributed by atoms with Crippen LogP contribution in [0.1, 0.15) is 5.56 Å². The van der Waals surface area contributed by atoms with Gasteiger partial charge in [0.2, 0.25) is 0 Å². The Hall–Kier alpha value is -1.25. The first-order valence-corrected chi connectivity index (χ1v) is 5.88. The van der Waals surface area contributed by atoms with Crippen molar-refractivity contribution in [1.29, 1.82) is 0 Å². The third kappa shape index (κ3) is 2.90. The van der Waals surface area contributed by atoms with E-state index in [4.69, 9.17) is 27.9 Å². The Morgan fingerprint density at radius 3 is 2.53 bits per heavy atom. The molecule has 2 aromatic rings. The van der Waals surface area contributed by atoms with Crippen molar-refractivity contribution >= 4 is 23.2 Å². The van der Waals surface area contributed by atoms with Crippen LogP contribution < -0.4 is 4.74 Å². The number of alkyl halides is 1. The van der Waals surface area contributed by atoms with E-state index >= 15 is 0 Å². The molecule has 0 spiro atoms. The van der Waals surface area contributed by atoms with Crippen LogP contribution in [0.3, 0.4) is 0 Å². The van der Waals surface area contributed by atoms with Crippen LogP contribution in [0.2, 0.25) is 5.02 Å². The summed E-state index contributed by atoms with van der Waals surface area (Å²) in [5, 5.41) is 0.231. The van der Waals surface area contributed by atoms with Crippen molar-refractivity contribution in [3.05, 3.63) is 58.9 Å². The van der Waals surface area contributed by atoms with Crippen molar-refractivity contribution in [3.8, 4) is 11.5 Å². The van der Waals surface area contributed by atoms with Gasteiger partial charge in [-0.15, -0.1) is 11.6 Å². The summed E-state index contributed by atoms with van der Waals surface area (Å²) in [5.74, 6) is 0.976. The monoisotopic (exact) mass is 270 g/mol. The Morgan fingerprint density at radius 1 is 1.06 bits per heavy atom. The van der Waals surface area contributed by atoms with Gasteiger partial charge in [0.15, 0.2) is 0 Å². The second-order valence-corrected chi connectivity index (χ2v) is 4.09. The van der Waals surface area contributed by atoms with Gasteiger partial charge in [0, 0.05) is 5.56 Å². The summed E-state index contributed by atoms with van der Waals surface area (Å²) in [6.45, 7) is 0. The molecule has 0 heterocycles. The fourth-order valence-corrected chi connectivity index (χ4v) is 1.82. The summed E-state index contributed by atoms with van der Waals surface area (Å²) in [7, 11) is 0. The van der Waals surface area contributed by atoms with E-state index in [-0.39, 0.29) is 5.02 Å². The van der Waals surface area contributed by atoms with Crippen LogP contribution in [0, 0.1) is 5.82 Å². The van der Waals surface area contributed by atoms with E-state index in [1.807, 2.05) is 18.2 Å². The van der Waals surface area contributed by atoms with Crippen molar-refractivity contribution in [2.75, 3.05) is 0 Å². The molecule has 2 aromatic carbocycles. The molecule has 2 rings (SSSR count). The molecule has 0 aromatic heterocycles. The quantitative estimate of drug-likeness (QED) is 0.713. The molecule has 0 aliphatic carbocycles. The summed E-state index contributed by atoms with van der Waals surface area (Å²) in [4.78, 5) is 0. The highest BCUT2D eigenvalue weighted by atomic mass is 35.5. The largest absolute Gasteiger partial charge is 0.455 e. The van der Waals surface area contributed by atoms with Crippen LogP contribution in [-0.2, 0) is 5.88 Å². The predicted octanol–water partition coefficient (Wildman–Crippen LogP) is 5.01. The second-order valence-electron chi connectivity index (χ2n) is 3.42. The Morgan fingerprint density at radius 2 is 1.82 bits per heavy atom. The first-order chi connectivity index (χ1) is 8.20. The fraction of sp³-hybridized carbons (Fsp3) is 0.0769. The van der Waals surface area contributed by atoms with E-state index in [1.54, 1.807) is 6.07 Å². The highest BCUT2D eigenvalue weighted by Gasteiger charge is 2.07. The van der Waals surface area contributed by atoms with E-state index in [0.29, 0.717) is 17.4 Å². The minimum absolute atomic E-state index is 0.231. The minimum atomic E-state index is -0.395. The zero-order valence-corrected chi connectivity index (χ0v) is 10.3. The fourth-order valence-electron chi connectivity index (χ4n) is 1.39. The molecule has 0 amide bonds. The van der Waals surface area contributed by atoms with Crippen LogP contribution in [0.5, 0.6) is 11.5 Å². The lowest BCUT2D eigenvalue weighted by atomic mass is 10.2. The highest BCUT2D eigenvalue weighted by Crippen LogP contribution is 2.32. The zero-order chi connectivity index (χ0) is 12.3. The van der Waals surface area contributed by atoms with Crippen LogP contribution in [-0.4, -0.2) is 0 Å².